The molecule has 0 bridgehead atoms. The van der Waals surface area contributed by atoms with Crippen LogP contribution in [0.5, 0.6) is 0 Å². The molecule has 1 atom stereocenters. The molecule has 0 saturated heterocycles. The van der Waals surface area contributed by atoms with E-state index in [0.717, 1.165) is 18.0 Å². The van der Waals surface area contributed by atoms with Crippen molar-refractivity contribution in [1.82, 2.24) is 5.32 Å². The molecular weight excluding hydrogens is 248 g/mol. The van der Waals surface area contributed by atoms with Crippen LogP contribution in [-0.2, 0) is 4.79 Å². The average Bonchev–Trinajstić information content (AvgIpc) is 2.47. The van der Waals surface area contributed by atoms with E-state index in [-0.39, 0.29) is 11.9 Å². The van der Waals surface area contributed by atoms with Crippen molar-refractivity contribution in [2.75, 3.05) is 6.54 Å². The Morgan fingerprint density at radius 3 is 2.55 bits per heavy atom. The zero-order valence-electron chi connectivity index (χ0n) is 12.3. The molecule has 0 aliphatic heterocycles. The van der Waals surface area contributed by atoms with Gasteiger partial charge in [-0.05, 0) is 30.2 Å². The smallest absolute Gasteiger partial charge is 0.221 e. The van der Waals surface area contributed by atoms with Crippen LogP contribution in [0.1, 0.15) is 50.6 Å². The van der Waals surface area contributed by atoms with Gasteiger partial charge in [0.15, 0.2) is 0 Å². The molecule has 2 rings (SSSR count). The summed E-state index contributed by atoms with van der Waals surface area (Å²) in [5.74, 6) is 1.58. The Bertz CT molecular complexity index is 410. The molecule has 0 spiro atoms. The minimum absolute atomic E-state index is 0.0694. The molecule has 1 aliphatic carbocycles. The Labute approximate surface area is 121 Å². The van der Waals surface area contributed by atoms with Crippen LogP contribution in [0.25, 0.3) is 0 Å². The summed E-state index contributed by atoms with van der Waals surface area (Å²) in [6.07, 6.45) is 5.44. The lowest BCUT2D eigenvalue weighted by molar-refractivity contribution is -0.121. The summed E-state index contributed by atoms with van der Waals surface area (Å²) in [6.45, 7) is 3.13. The van der Waals surface area contributed by atoms with E-state index in [1.807, 2.05) is 30.3 Å². The number of amides is 1. The minimum Gasteiger partial charge on any atom is -0.356 e. The molecule has 20 heavy (non-hydrogen) atoms. The Balaban J connectivity index is 1.70. The first-order valence-electron chi connectivity index (χ1n) is 7.72. The Kier molecular flexibility index (Phi) is 5.60. The predicted octanol–water partition coefficient (Wildman–Crippen LogP) is 3.02. The first-order chi connectivity index (χ1) is 9.65. The lowest BCUT2D eigenvalue weighted by Crippen LogP contribution is -2.33. The topological polar surface area (TPSA) is 55.1 Å². The Morgan fingerprint density at radius 2 is 1.90 bits per heavy atom. The second kappa shape index (κ2) is 7.44. The van der Waals surface area contributed by atoms with Gasteiger partial charge in [0.2, 0.25) is 5.91 Å². The SMILES string of the molecule is CC1CCC(CNC(=O)CC(N)c2ccccc2)CC1. The standard InChI is InChI=1S/C17H26N2O/c1-13-7-9-14(10-8-13)12-19-17(20)11-16(18)15-5-3-2-4-6-15/h2-6,13-14,16H,7-12,18H2,1H3,(H,19,20). The molecule has 3 nitrogen and oxygen atoms in total. The van der Waals surface area contributed by atoms with Crippen LogP contribution >= 0.6 is 0 Å². The van der Waals surface area contributed by atoms with Crippen LogP contribution in [0.4, 0.5) is 0 Å². The van der Waals surface area contributed by atoms with Gasteiger partial charge in [0.25, 0.3) is 0 Å². The summed E-state index contributed by atoms with van der Waals surface area (Å²) in [5.41, 5.74) is 7.08. The Morgan fingerprint density at radius 1 is 1.25 bits per heavy atom. The van der Waals surface area contributed by atoms with E-state index in [1.54, 1.807) is 0 Å². The van der Waals surface area contributed by atoms with Crippen molar-refractivity contribution in [1.29, 1.82) is 0 Å². The van der Waals surface area contributed by atoms with E-state index in [1.165, 1.54) is 25.7 Å². The molecule has 1 saturated carbocycles. The molecule has 1 amide bonds. The van der Waals surface area contributed by atoms with Gasteiger partial charge < -0.3 is 11.1 Å². The molecule has 0 radical (unpaired) electrons. The van der Waals surface area contributed by atoms with Crippen molar-refractivity contribution in [3.8, 4) is 0 Å². The zero-order chi connectivity index (χ0) is 14.4. The molecule has 1 aromatic carbocycles. The van der Waals surface area contributed by atoms with Crippen LogP contribution in [-0.4, -0.2) is 12.5 Å². The van der Waals surface area contributed by atoms with E-state index >= 15 is 0 Å². The van der Waals surface area contributed by atoms with Crippen molar-refractivity contribution >= 4 is 5.91 Å². The third-order valence-corrected chi connectivity index (χ3v) is 4.36. The minimum atomic E-state index is -0.206. The van der Waals surface area contributed by atoms with Gasteiger partial charge in [-0.2, -0.15) is 0 Å². The van der Waals surface area contributed by atoms with Gasteiger partial charge in [0.1, 0.15) is 0 Å². The van der Waals surface area contributed by atoms with Crippen molar-refractivity contribution in [3.05, 3.63) is 35.9 Å². The number of nitrogens with two attached hydrogens (primary N) is 1. The maximum absolute atomic E-state index is 11.9. The van der Waals surface area contributed by atoms with Crippen molar-refractivity contribution in [3.63, 3.8) is 0 Å². The highest BCUT2D eigenvalue weighted by Gasteiger charge is 2.19. The summed E-state index contributed by atoms with van der Waals surface area (Å²) in [6, 6.07) is 9.61. The molecule has 1 aromatic rings. The number of carbonyl (C=O) groups is 1. The molecule has 1 aliphatic rings. The molecule has 3 N–H and O–H groups in total. The second-order valence-corrected chi connectivity index (χ2v) is 6.15. The normalized spacial score (nSPS) is 24.1. The third-order valence-electron chi connectivity index (χ3n) is 4.36. The summed E-state index contributed by atoms with van der Waals surface area (Å²) in [5, 5.41) is 3.05. The van der Waals surface area contributed by atoms with Crippen LogP contribution in [0.2, 0.25) is 0 Å². The number of benzene rings is 1. The predicted molar refractivity (Wildman–Crippen MR) is 82.1 cm³/mol. The van der Waals surface area contributed by atoms with Gasteiger partial charge in [-0.15, -0.1) is 0 Å². The fourth-order valence-electron chi connectivity index (χ4n) is 2.88. The number of nitrogens with one attached hydrogen (secondary N) is 1. The highest BCUT2D eigenvalue weighted by atomic mass is 16.1. The first kappa shape index (κ1) is 15.0. The average molecular weight is 274 g/mol. The van der Waals surface area contributed by atoms with E-state index in [9.17, 15) is 4.79 Å². The van der Waals surface area contributed by atoms with Gasteiger partial charge in [0.05, 0.1) is 0 Å². The van der Waals surface area contributed by atoms with Crippen molar-refractivity contribution in [2.24, 2.45) is 17.6 Å². The zero-order valence-corrected chi connectivity index (χ0v) is 12.3. The fraction of sp³-hybridized carbons (Fsp3) is 0.588. The van der Waals surface area contributed by atoms with Gasteiger partial charge in [-0.1, -0.05) is 50.1 Å². The van der Waals surface area contributed by atoms with Crippen LogP contribution < -0.4 is 11.1 Å². The van der Waals surface area contributed by atoms with Crippen molar-refractivity contribution < 1.29 is 4.79 Å². The highest BCUT2D eigenvalue weighted by Crippen LogP contribution is 2.27. The van der Waals surface area contributed by atoms with E-state index in [2.05, 4.69) is 12.2 Å². The quantitative estimate of drug-likeness (QED) is 0.867. The van der Waals surface area contributed by atoms with Gasteiger partial charge in [-0.3, -0.25) is 4.79 Å². The molecule has 0 heterocycles. The third kappa shape index (κ3) is 4.64. The maximum Gasteiger partial charge on any atom is 0.221 e. The maximum atomic E-state index is 11.9. The number of hydrogen-bond acceptors (Lipinski definition) is 2. The number of rotatable bonds is 5. The molecule has 1 unspecified atom stereocenters. The van der Waals surface area contributed by atoms with Gasteiger partial charge in [-0.25, -0.2) is 0 Å². The molecule has 3 heteroatoms. The largest absolute Gasteiger partial charge is 0.356 e. The van der Waals surface area contributed by atoms with E-state index in [0.29, 0.717) is 12.3 Å². The van der Waals surface area contributed by atoms with Crippen LogP contribution in [0.3, 0.4) is 0 Å². The summed E-state index contributed by atoms with van der Waals surface area (Å²) in [7, 11) is 0. The number of hydrogen-bond donors (Lipinski definition) is 2. The lowest BCUT2D eigenvalue weighted by Gasteiger charge is -2.26. The van der Waals surface area contributed by atoms with Gasteiger partial charge in [0, 0.05) is 19.0 Å². The molecular formula is C17H26N2O. The first-order valence-corrected chi connectivity index (χ1v) is 7.72. The summed E-state index contributed by atoms with van der Waals surface area (Å²) < 4.78 is 0. The monoisotopic (exact) mass is 274 g/mol. The summed E-state index contributed by atoms with van der Waals surface area (Å²) in [4.78, 5) is 11.9. The lowest BCUT2D eigenvalue weighted by atomic mass is 9.83. The molecule has 1 fully saturated rings. The van der Waals surface area contributed by atoms with E-state index < -0.39 is 0 Å². The van der Waals surface area contributed by atoms with E-state index in [4.69, 9.17) is 5.73 Å². The summed E-state index contributed by atoms with van der Waals surface area (Å²) >= 11 is 0. The second-order valence-electron chi connectivity index (χ2n) is 6.15. The van der Waals surface area contributed by atoms with Crippen LogP contribution in [0.15, 0.2) is 30.3 Å². The van der Waals surface area contributed by atoms with Gasteiger partial charge >= 0.3 is 0 Å². The Hall–Kier alpha value is -1.35. The van der Waals surface area contributed by atoms with Crippen molar-refractivity contribution in [2.45, 2.75) is 45.1 Å². The number of carbonyl (C=O) groups excluding carboxylic acids is 1. The molecule has 110 valence electrons. The fourth-order valence-corrected chi connectivity index (χ4v) is 2.88. The highest BCUT2D eigenvalue weighted by molar-refractivity contribution is 5.76. The van der Waals surface area contributed by atoms with Crippen LogP contribution in [0, 0.1) is 11.8 Å². The molecule has 0 aromatic heterocycles.